The maximum atomic E-state index is 12.0. The summed E-state index contributed by atoms with van der Waals surface area (Å²) in [6, 6.07) is 12.8. The quantitative estimate of drug-likeness (QED) is 0.321. The van der Waals surface area contributed by atoms with Crippen molar-refractivity contribution in [2.24, 2.45) is 0 Å². The first-order valence-electron chi connectivity index (χ1n) is 8.19. The molecule has 0 saturated carbocycles. The van der Waals surface area contributed by atoms with E-state index < -0.39 is 11.9 Å². The summed E-state index contributed by atoms with van der Waals surface area (Å²) in [4.78, 5) is 23.3. The number of benzene rings is 2. The molecule has 5 nitrogen and oxygen atoms in total. The van der Waals surface area contributed by atoms with E-state index in [0.29, 0.717) is 11.6 Å². The Labute approximate surface area is 177 Å². The zero-order valence-electron chi connectivity index (χ0n) is 14.8. The van der Waals surface area contributed by atoms with Crippen LogP contribution in [-0.4, -0.2) is 22.1 Å². The van der Waals surface area contributed by atoms with Crippen molar-refractivity contribution in [1.29, 1.82) is 0 Å². The molecule has 3 N–H and O–H groups in total. The number of rotatable bonds is 5. The second-order valence-corrected chi connectivity index (χ2v) is 7.75. The lowest BCUT2D eigenvalue weighted by Gasteiger charge is -2.11. The van der Waals surface area contributed by atoms with Crippen LogP contribution in [0.5, 0.6) is 0 Å². The molecule has 0 aliphatic carbocycles. The molecule has 0 aliphatic rings. The average molecular weight is 494 g/mol. The minimum Gasteiger partial charge on any atom is -0.478 e. The number of hydrogen-bond donors (Lipinski definition) is 3. The van der Waals surface area contributed by atoms with Crippen molar-refractivity contribution in [2.75, 3.05) is 5.32 Å². The van der Waals surface area contributed by atoms with Crippen molar-refractivity contribution in [3.8, 4) is 0 Å². The third kappa shape index (κ3) is 6.44. The van der Waals surface area contributed by atoms with Crippen LogP contribution in [0, 0.1) is 3.57 Å². The first kappa shape index (κ1) is 21.0. The Balaban J connectivity index is 1.98. The number of hydrogen-bond acceptors (Lipinski definition) is 3. The monoisotopic (exact) mass is 494 g/mol. The van der Waals surface area contributed by atoms with Crippen LogP contribution in [0.3, 0.4) is 0 Å². The van der Waals surface area contributed by atoms with E-state index in [1.807, 2.05) is 46.9 Å². The number of nitrogens with one attached hydrogen (secondary N) is 2. The van der Waals surface area contributed by atoms with Crippen molar-refractivity contribution >= 4 is 63.6 Å². The number of carboxylic acid groups (broad SMARTS) is 1. The molecule has 0 aromatic heterocycles. The highest BCUT2D eigenvalue weighted by atomic mass is 127. The van der Waals surface area contributed by atoms with Gasteiger partial charge in [0.25, 0.3) is 0 Å². The Hall–Kier alpha value is -2.26. The fraction of sp³-hybridized carbons (Fsp3) is 0.150. The molecule has 140 valence electrons. The van der Waals surface area contributed by atoms with Gasteiger partial charge in [-0.15, -0.1) is 0 Å². The Morgan fingerprint density at radius 3 is 2.41 bits per heavy atom. The summed E-state index contributed by atoms with van der Waals surface area (Å²) < 4.78 is 0.789. The molecule has 27 heavy (non-hydrogen) atoms. The van der Waals surface area contributed by atoms with Gasteiger partial charge in [0, 0.05) is 9.65 Å². The normalized spacial score (nSPS) is 10.8. The van der Waals surface area contributed by atoms with E-state index in [0.717, 1.165) is 9.13 Å². The van der Waals surface area contributed by atoms with Crippen molar-refractivity contribution in [1.82, 2.24) is 5.32 Å². The second kappa shape index (κ2) is 9.61. The number of carbonyl (C=O) groups excluding carboxylic acids is 1. The average Bonchev–Trinajstić information content (AvgIpc) is 2.61. The zero-order chi connectivity index (χ0) is 20.0. The van der Waals surface area contributed by atoms with E-state index in [-0.39, 0.29) is 10.7 Å². The lowest BCUT2D eigenvalue weighted by molar-refractivity contribution is -0.115. The Bertz CT molecular complexity index is 893. The summed E-state index contributed by atoms with van der Waals surface area (Å²) in [5, 5.41) is 14.6. The third-order valence-corrected chi connectivity index (χ3v) is 4.60. The summed E-state index contributed by atoms with van der Waals surface area (Å²) in [5.41, 5.74) is 2.54. The number of thiocarbonyl (C=S) groups is 1. The van der Waals surface area contributed by atoms with E-state index in [2.05, 4.69) is 24.5 Å². The van der Waals surface area contributed by atoms with Crippen molar-refractivity contribution < 1.29 is 14.7 Å². The van der Waals surface area contributed by atoms with E-state index in [9.17, 15) is 14.7 Å². The van der Waals surface area contributed by atoms with Gasteiger partial charge in [0.15, 0.2) is 5.11 Å². The molecule has 2 aromatic rings. The van der Waals surface area contributed by atoms with Gasteiger partial charge in [-0.1, -0.05) is 38.1 Å². The Kier molecular flexibility index (Phi) is 7.49. The van der Waals surface area contributed by atoms with Gasteiger partial charge in [-0.05, 0) is 76.1 Å². The highest BCUT2D eigenvalue weighted by Crippen LogP contribution is 2.19. The Morgan fingerprint density at radius 1 is 1.15 bits per heavy atom. The first-order valence-corrected chi connectivity index (χ1v) is 9.68. The highest BCUT2D eigenvalue weighted by Gasteiger charge is 2.12. The van der Waals surface area contributed by atoms with Crippen LogP contribution < -0.4 is 10.6 Å². The van der Waals surface area contributed by atoms with E-state index in [1.165, 1.54) is 17.7 Å². The van der Waals surface area contributed by atoms with E-state index in [4.69, 9.17) is 12.2 Å². The van der Waals surface area contributed by atoms with Crippen LogP contribution in [0.25, 0.3) is 6.08 Å². The predicted octanol–water partition coefficient (Wildman–Crippen LogP) is 4.64. The fourth-order valence-corrected chi connectivity index (χ4v) is 2.98. The standard InChI is InChI=1S/C20H19IN2O3S/c1-12(2)14-6-3-13(4-7-14)5-10-18(24)23-20(27)22-17-9-8-15(21)11-16(17)19(25)26/h3-12H,1-2H3,(H,25,26)(H2,22,23,24,27). The Morgan fingerprint density at radius 2 is 1.81 bits per heavy atom. The molecule has 0 bridgehead atoms. The van der Waals surface area contributed by atoms with Crippen LogP contribution in [0.1, 0.15) is 41.3 Å². The van der Waals surface area contributed by atoms with Gasteiger partial charge in [-0.2, -0.15) is 0 Å². The number of carboxylic acids is 1. The second-order valence-electron chi connectivity index (χ2n) is 6.09. The first-order chi connectivity index (χ1) is 12.8. The molecule has 2 rings (SSSR count). The fourth-order valence-electron chi connectivity index (χ4n) is 2.27. The molecular weight excluding hydrogens is 475 g/mol. The number of carbonyl (C=O) groups is 2. The molecule has 0 heterocycles. The number of aromatic carboxylic acids is 1. The number of amides is 1. The SMILES string of the molecule is CC(C)c1ccc(C=CC(=O)NC(=S)Nc2ccc(I)cc2C(=O)O)cc1. The molecule has 0 radical (unpaired) electrons. The van der Waals surface area contributed by atoms with Gasteiger partial charge >= 0.3 is 5.97 Å². The molecule has 7 heteroatoms. The van der Waals surface area contributed by atoms with Gasteiger partial charge < -0.3 is 10.4 Å². The van der Waals surface area contributed by atoms with Crippen molar-refractivity contribution in [3.63, 3.8) is 0 Å². The van der Waals surface area contributed by atoms with E-state index >= 15 is 0 Å². The van der Waals surface area contributed by atoms with Crippen LogP contribution in [0.2, 0.25) is 0 Å². The molecule has 0 saturated heterocycles. The zero-order valence-corrected chi connectivity index (χ0v) is 17.8. The molecule has 0 fully saturated rings. The van der Waals surface area contributed by atoms with Gasteiger partial charge in [-0.3, -0.25) is 10.1 Å². The molecule has 0 aliphatic heterocycles. The minimum absolute atomic E-state index is 0.0310. The minimum atomic E-state index is -1.07. The number of anilines is 1. The summed E-state index contributed by atoms with van der Waals surface area (Å²) >= 11 is 7.12. The van der Waals surface area contributed by atoms with Crippen LogP contribution in [0.15, 0.2) is 48.5 Å². The maximum absolute atomic E-state index is 12.0. The third-order valence-electron chi connectivity index (χ3n) is 3.73. The smallest absolute Gasteiger partial charge is 0.337 e. The summed E-state index contributed by atoms with van der Waals surface area (Å²) in [6.07, 6.45) is 3.07. The topological polar surface area (TPSA) is 78.4 Å². The molecule has 1 amide bonds. The van der Waals surface area contributed by atoms with Crippen LogP contribution >= 0.6 is 34.8 Å². The number of halogens is 1. The van der Waals surface area contributed by atoms with E-state index in [1.54, 1.807) is 18.2 Å². The summed E-state index contributed by atoms with van der Waals surface area (Å²) in [6.45, 7) is 4.24. The summed E-state index contributed by atoms with van der Waals surface area (Å²) in [7, 11) is 0. The van der Waals surface area contributed by atoms with Gasteiger partial charge in [0.05, 0.1) is 11.3 Å². The van der Waals surface area contributed by atoms with Crippen molar-refractivity contribution in [3.05, 3.63) is 68.8 Å². The molecular formula is C20H19IN2O3S. The largest absolute Gasteiger partial charge is 0.478 e. The van der Waals surface area contributed by atoms with Gasteiger partial charge in [0.2, 0.25) is 5.91 Å². The molecule has 0 unspecified atom stereocenters. The van der Waals surface area contributed by atoms with Crippen LogP contribution in [-0.2, 0) is 4.79 Å². The van der Waals surface area contributed by atoms with Crippen LogP contribution in [0.4, 0.5) is 5.69 Å². The lowest BCUT2D eigenvalue weighted by atomic mass is 10.0. The van der Waals surface area contributed by atoms with Crippen molar-refractivity contribution in [2.45, 2.75) is 19.8 Å². The highest BCUT2D eigenvalue weighted by molar-refractivity contribution is 14.1. The molecule has 2 aromatic carbocycles. The molecule has 0 atom stereocenters. The van der Waals surface area contributed by atoms with Gasteiger partial charge in [-0.25, -0.2) is 4.79 Å². The summed E-state index contributed by atoms with van der Waals surface area (Å²) in [5.74, 6) is -1.02. The molecule has 0 spiro atoms. The van der Waals surface area contributed by atoms with Gasteiger partial charge in [0.1, 0.15) is 0 Å². The maximum Gasteiger partial charge on any atom is 0.337 e. The lowest BCUT2D eigenvalue weighted by Crippen LogP contribution is -2.33. The predicted molar refractivity (Wildman–Crippen MR) is 120 cm³/mol.